The van der Waals surface area contributed by atoms with E-state index in [1.807, 2.05) is 63.2 Å². The Balaban J connectivity index is 1.52. The smallest absolute Gasteiger partial charge is 0.260 e. The summed E-state index contributed by atoms with van der Waals surface area (Å²) in [5.41, 5.74) is 2.60. The van der Waals surface area contributed by atoms with Gasteiger partial charge in [-0.25, -0.2) is 13.8 Å². The van der Waals surface area contributed by atoms with Gasteiger partial charge in [0.25, 0.3) is 5.91 Å². The number of likely N-dealkylation sites (N-methyl/N-ethyl adjacent to an activating group) is 1. The number of rotatable bonds is 6. The zero-order valence-electron chi connectivity index (χ0n) is 23.7. The lowest BCUT2D eigenvalue weighted by molar-refractivity contribution is -0.125. The van der Waals surface area contributed by atoms with Gasteiger partial charge in [-0.2, -0.15) is 5.10 Å². The maximum Gasteiger partial charge on any atom is 0.260 e. The molecule has 5 rings (SSSR count). The number of aromatic nitrogens is 2. The molecule has 0 saturated carbocycles. The average molecular weight is 563 g/mol. The van der Waals surface area contributed by atoms with Crippen LogP contribution < -0.4 is 10.6 Å². The van der Waals surface area contributed by atoms with Crippen molar-refractivity contribution in [3.63, 3.8) is 0 Å². The van der Waals surface area contributed by atoms with Gasteiger partial charge in [0.05, 0.1) is 11.4 Å². The second-order valence-corrected chi connectivity index (χ2v) is 10.7. The van der Waals surface area contributed by atoms with Gasteiger partial charge in [-0.1, -0.05) is 43.3 Å². The first-order valence-electron chi connectivity index (χ1n) is 14.0. The van der Waals surface area contributed by atoms with Gasteiger partial charge in [-0.3, -0.25) is 9.89 Å². The van der Waals surface area contributed by atoms with Gasteiger partial charge in [0.15, 0.2) is 5.82 Å². The summed E-state index contributed by atoms with van der Waals surface area (Å²) < 4.78 is 37.1. The van der Waals surface area contributed by atoms with E-state index in [9.17, 15) is 4.79 Å². The number of H-pyrrole nitrogens is 1. The number of aliphatic imine (C=N–C) groups is 1. The summed E-state index contributed by atoms with van der Waals surface area (Å²) in [5.74, 6) is -0.0973. The fourth-order valence-electron chi connectivity index (χ4n) is 5.25. The van der Waals surface area contributed by atoms with Gasteiger partial charge in [-0.15, -0.1) is 0 Å². The third kappa shape index (κ3) is 6.11. The molecule has 0 bridgehead atoms. The van der Waals surface area contributed by atoms with Crippen LogP contribution in [0.5, 0.6) is 0 Å². The number of aromatic amines is 1. The van der Waals surface area contributed by atoms with Crippen LogP contribution in [-0.4, -0.2) is 58.7 Å². The van der Waals surface area contributed by atoms with Crippen LogP contribution in [0, 0.1) is 5.92 Å². The predicted molar refractivity (Wildman–Crippen MR) is 156 cm³/mol. The molecule has 216 valence electrons. The lowest BCUT2D eigenvalue weighted by atomic mass is 9.97. The third-order valence-electron chi connectivity index (χ3n) is 7.58. The maximum absolute atomic E-state index is 15.4. The molecule has 10 heteroatoms. The molecule has 0 radical (unpaired) electrons. The first-order chi connectivity index (χ1) is 19.7. The number of anilines is 1. The first-order valence-corrected chi connectivity index (χ1v) is 14.0. The zero-order chi connectivity index (χ0) is 29.1. The van der Waals surface area contributed by atoms with Crippen molar-refractivity contribution in [2.24, 2.45) is 10.9 Å². The number of carbonyl (C=O) groups is 1. The van der Waals surface area contributed by atoms with E-state index < -0.39 is 18.1 Å². The van der Waals surface area contributed by atoms with Gasteiger partial charge < -0.3 is 20.3 Å². The van der Waals surface area contributed by atoms with Crippen molar-refractivity contribution in [3.8, 4) is 11.3 Å². The molecular formula is C31H36F2N6O2. The SMILES string of the molecule is CCN(C)C(=O)C1=C(\OC2C=C(F)C3=C(CC(C)N3)C(F)C2)C(C)C/C=C/N=C\1Nc1cc(-c2ccccc2)[nH]n1. The Kier molecular flexibility index (Phi) is 8.37. The van der Waals surface area contributed by atoms with Crippen molar-refractivity contribution in [2.45, 2.75) is 58.4 Å². The summed E-state index contributed by atoms with van der Waals surface area (Å²) in [6.07, 6.45) is 3.46. The lowest BCUT2D eigenvalue weighted by Gasteiger charge is -2.28. The predicted octanol–water partition coefficient (Wildman–Crippen LogP) is 5.79. The molecule has 3 aliphatic rings. The van der Waals surface area contributed by atoms with E-state index in [1.165, 1.54) is 6.08 Å². The molecule has 3 N–H and O–H groups in total. The third-order valence-corrected chi connectivity index (χ3v) is 7.58. The number of alkyl halides is 1. The van der Waals surface area contributed by atoms with Gasteiger partial charge in [0.1, 0.15) is 35.3 Å². The van der Waals surface area contributed by atoms with Crippen LogP contribution in [0.3, 0.4) is 0 Å². The lowest BCUT2D eigenvalue weighted by Crippen LogP contribution is -2.36. The van der Waals surface area contributed by atoms with Crippen LogP contribution in [0.15, 0.2) is 88.2 Å². The van der Waals surface area contributed by atoms with Crippen molar-refractivity contribution in [3.05, 3.63) is 83.2 Å². The number of nitrogens with zero attached hydrogens (tertiary/aromatic N) is 3. The van der Waals surface area contributed by atoms with Gasteiger partial charge in [0, 0.05) is 44.2 Å². The molecule has 8 nitrogen and oxygen atoms in total. The van der Waals surface area contributed by atoms with Crippen molar-refractivity contribution in [2.75, 3.05) is 18.9 Å². The van der Waals surface area contributed by atoms with Crippen molar-refractivity contribution < 1.29 is 18.3 Å². The number of allylic oxidation sites excluding steroid dienone is 3. The molecule has 2 aliphatic heterocycles. The minimum atomic E-state index is -1.37. The largest absolute Gasteiger partial charge is 0.489 e. The Labute approximate surface area is 238 Å². The molecule has 4 unspecified atom stereocenters. The molecule has 3 heterocycles. The number of carbonyl (C=O) groups excluding carboxylic acids is 1. The van der Waals surface area contributed by atoms with Crippen LogP contribution in [0.2, 0.25) is 0 Å². The summed E-state index contributed by atoms with van der Waals surface area (Å²) in [6, 6.07) is 11.5. The summed E-state index contributed by atoms with van der Waals surface area (Å²) in [4.78, 5) is 20.0. The Morgan fingerprint density at radius 2 is 2.02 bits per heavy atom. The minimum absolute atomic E-state index is 0.0295. The molecule has 0 spiro atoms. The van der Waals surface area contributed by atoms with E-state index in [0.29, 0.717) is 36.5 Å². The molecule has 1 aliphatic carbocycles. The number of ether oxygens (including phenoxy) is 1. The second-order valence-electron chi connectivity index (χ2n) is 10.7. The van der Waals surface area contributed by atoms with Crippen LogP contribution in [-0.2, 0) is 9.53 Å². The van der Waals surface area contributed by atoms with Crippen molar-refractivity contribution >= 4 is 17.6 Å². The van der Waals surface area contributed by atoms with Crippen LogP contribution >= 0.6 is 0 Å². The van der Waals surface area contributed by atoms with E-state index in [1.54, 1.807) is 18.1 Å². The Hall–Kier alpha value is -4.21. The quantitative estimate of drug-likeness (QED) is 0.414. The zero-order valence-corrected chi connectivity index (χ0v) is 23.7. The van der Waals surface area contributed by atoms with E-state index in [-0.39, 0.29) is 41.4 Å². The minimum Gasteiger partial charge on any atom is -0.489 e. The molecule has 4 atom stereocenters. The normalized spacial score (nSPS) is 28.2. The molecule has 41 heavy (non-hydrogen) atoms. The van der Waals surface area contributed by atoms with Gasteiger partial charge in [-0.05, 0) is 43.9 Å². The maximum atomic E-state index is 15.4. The number of amidine groups is 1. The fraction of sp³-hybridized carbons (Fsp3) is 0.387. The standard InChI is InChI=1S/C31H36F2N6O2/c1-5-39(4)31(40)27-29(41-21-15-23(32)22-14-19(3)35-28(22)24(33)16-21)18(2)10-9-13-34-30(27)36-26-17-25(37-38-26)20-11-7-6-8-12-20/h6-9,11-13,16-19,21,23,35H,5,10,14-15H2,1-4H3,(H2,34,36,37,38)/b13-9+,29-27-. The average Bonchev–Trinajstić information content (AvgIpc) is 3.58. The van der Waals surface area contributed by atoms with Gasteiger partial charge >= 0.3 is 0 Å². The molecule has 1 amide bonds. The van der Waals surface area contributed by atoms with Gasteiger partial charge in [0.2, 0.25) is 0 Å². The first kappa shape index (κ1) is 28.3. The van der Waals surface area contributed by atoms with E-state index >= 15 is 8.78 Å². The monoisotopic (exact) mass is 562 g/mol. The number of nitrogens with one attached hydrogen (secondary N) is 3. The summed E-state index contributed by atoms with van der Waals surface area (Å²) in [5, 5.41) is 13.6. The fourth-order valence-corrected chi connectivity index (χ4v) is 5.25. The number of benzene rings is 1. The molecule has 1 aromatic carbocycles. The summed E-state index contributed by atoms with van der Waals surface area (Å²) in [6.45, 7) is 6.14. The topological polar surface area (TPSA) is 94.6 Å². The van der Waals surface area contributed by atoms with Crippen LogP contribution in [0.4, 0.5) is 14.6 Å². The highest BCUT2D eigenvalue weighted by atomic mass is 19.1. The highest BCUT2D eigenvalue weighted by Crippen LogP contribution is 2.36. The number of halogens is 2. The van der Waals surface area contributed by atoms with E-state index in [2.05, 4.69) is 25.8 Å². The van der Waals surface area contributed by atoms with E-state index in [0.717, 1.165) is 11.3 Å². The van der Waals surface area contributed by atoms with Crippen molar-refractivity contribution in [1.29, 1.82) is 0 Å². The molecule has 2 aromatic rings. The molecule has 0 fully saturated rings. The molecule has 0 saturated heterocycles. The van der Waals surface area contributed by atoms with Crippen LogP contribution in [0.25, 0.3) is 11.3 Å². The Morgan fingerprint density at radius 1 is 1.24 bits per heavy atom. The van der Waals surface area contributed by atoms with E-state index in [4.69, 9.17) is 4.74 Å². The second kappa shape index (κ2) is 12.1. The molecule has 1 aromatic heterocycles. The number of amides is 1. The Morgan fingerprint density at radius 3 is 2.78 bits per heavy atom. The Bertz CT molecular complexity index is 1440. The highest BCUT2D eigenvalue weighted by molar-refractivity contribution is 6.25. The molecular weight excluding hydrogens is 526 g/mol. The summed E-state index contributed by atoms with van der Waals surface area (Å²) in [7, 11) is 1.69. The summed E-state index contributed by atoms with van der Waals surface area (Å²) >= 11 is 0. The van der Waals surface area contributed by atoms with Crippen molar-refractivity contribution in [1.82, 2.24) is 20.4 Å². The highest BCUT2D eigenvalue weighted by Gasteiger charge is 2.36. The van der Waals surface area contributed by atoms with Crippen LogP contribution in [0.1, 0.15) is 40.0 Å². The number of hydrogen-bond acceptors (Lipinski definition) is 6. The number of hydrogen-bond donors (Lipinski definition) is 3.